The third kappa shape index (κ3) is 1.12. The summed E-state index contributed by atoms with van der Waals surface area (Å²) in [5.41, 5.74) is 0.532. The van der Waals surface area contributed by atoms with E-state index in [0.29, 0.717) is 0 Å². The first-order valence-electron chi connectivity index (χ1n) is 4.94. The van der Waals surface area contributed by atoms with E-state index in [2.05, 4.69) is 5.32 Å². The van der Waals surface area contributed by atoms with E-state index in [1.165, 1.54) is 0 Å². The van der Waals surface area contributed by atoms with Crippen molar-refractivity contribution in [2.75, 3.05) is 7.05 Å². The van der Waals surface area contributed by atoms with Gasteiger partial charge >= 0.3 is 0 Å². The van der Waals surface area contributed by atoms with Crippen molar-refractivity contribution in [3.8, 4) is 0 Å². The van der Waals surface area contributed by atoms with Crippen molar-refractivity contribution >= 4 is 5.78 Å². The maximum Gasteiger partial charge on any atom is 0.186 e. The highest BCUT2D eigenvalue weighted by Gasteiger charge is 2.41. The van der Waals surface area contributed by atoms with Crippen LogP contribution in [0, 0.1) is 5.41 Å². The van der Waals surface area contributed by atoms with Crippen molar-refractivity contribution in [2.24, 2.45) is 5.41 Å². The van der Waals surface area contributed by atoms with E-state index >= 15 is 0 Å². The Morgan fingerprint density at radius 2 is 2.29 bits per heavy atom. The second-order valence-corrected chi connectivity index (χ2v) is 4.44. The van der Waals surface area contributed by atoms with Crippen molar-refractivity contribution in [1.29, 1.82) is 0 Å². The monoisotopic (exact) mass is 192 g/mol. The molecule has 76 valence electrons. The molecule has 14 heavy (non-hydrogen) atoms. The van der Waals surface area contributed by atoms with E-state index in [4.69, 9.17) is 0 Å². The largest absolute Gasteiger partial charge is 0.343 e. The standard InChI is InChI=1S/C11H16N2O/c1-11(2)9(12-3)7-13-6-4-5-8(13)10(11)14/h4-6,9,12H,7H2,1-3H3. The van der Waals surface area contributed by atoms with Gasteiger partial charge in [-0.05, 0) is 19.2 Å². The van der Waals surface area contributed by atoms with E-state index in [1.54, 1.807) is 0 Å². The number of rotatable bonds is 1. The van der Waals surface area contributed by atoms with Crippen LogP contribution in [0.3, 0.4) is 0 Å². The first-order chi connectivity index (χ1) is 6.57. The summed E-state index contributed by atoms with van der Waals surface area (Å²) in [5, 5.41) is 3.21. The predicted octanol–water partition coefficient (Wildman–Crippen LogP) is 1.30. The van der Waals surface area contributed by atoms with Crippen molar-refractivity contribution in [3.63, 3.8) is 0 Å². The van der Waals surface area contributed by atoms with Gasteiger partial charge in [-0.25, -0.2) is 0 Å². The molecular formula is C11H16N2O. The quantitative estimate of drug-likeness (QED) is 0.727. The molecule has 0 spiro atoms. The van der Waals surface area contributed by atoms with E-state index in [1.807, 2.05) is 43.8 Å². The molecule has 1 atom stereocenters. The molecule has 2 heterocycles. The van der Waals surface area contributed by atoms with E-state index in [9.17, 15) is 4.79 Å². The topological polar surface area (TPSA) is 34.0 Å². The minimum atomic E-state index is -0.302. The zero-order valence-electron chi connectivity index (χ0n) is 8.87. The number of fused-ring (bicyclic) bond motifs is 1. The molecule has 0 saturated heterocycles. The molecule has 0 saturated carbocycles. The van der Waals surface area contributed by atoms with Gasteiger partial charge in [0.2, 0.25) is 0 Å². The first-order valence-corrected chi connectivity index (χ1v) is 4.94. The Balaban J connectivity index is 2.47. The number of likely N-dealkylation sites (N-methyl/N-ethyl adjacent to an activating group) is 1. The highest BCUT2D eigenvalue weighted by Crippen LogP contribution is 2.31. The van der Waals surface area contributed by atoms with Crippen LogP contribution in [0.15, 0.2) is 18.3 Å². The molecule has 1 aliphatic heterocycles. The third-order valence-corrected chi connectivity index (χ3v) is 3.25. The van der Waals surface area contributed by atoms with Gasteiger partial charge in [0.15, 0.2) is 5.78 Å². The predicted molar refractivity (Wildman–Crippen MR) is 55.4 cm³/mol. The summed E-state index contributed by atoms with van der Waals surface area (Å²) in [6.07, 6.45) is 1.97. The Morgan fingerprint density at radius 3 is 2.93 bits per heavy atom. The SMILES string of the molecule is CNC1Cn2cccc2C(=O)C1(C)C. The lowest BCUT2D eigenvalue weighted by molar-refractivity contribution is 0.0716. The fourth-order valence-corrected chi connectivity index (χ4v) is 2.14. The molecular weight excluding hydrogens is 176 g/mol. The van der Waals surface area contributed by atoms with E-state index < -0.39 is 0 Å². The molecule has 1 aromatic heterocycles. The van der Waals surface area contributed by atoms with Gasteiger partial charge in [-0.15, -0.1) is 0 Å². The molecule has 0 radical (unpaired) electrons. The number of hydrogen-bond donors (Lipinski definition) is 1. The van der Waals surface area contributed by atoms with Gasteiger partial charge in [-0.1, -0.05) is 13.8 Å². The zero-order chi connectivity index (χ0) is 10.3. The molecule has 1 aromatic rings. The highest BCUT2D eigenvalue weighted by atomic mass is 16.1. The maximum absolute atomic E-state index is 12.1. The average molecular weight is 192 g/mol. The summed E-state index contributed by atoms with van der Waals surface area (Å²) < 4.78 is 2.02. The van der Waals surface area contributed by atoms with Crippen molar-refractivity contribution in [1.82, 2.24) is 9.88 Å². The molecule has 0 amide bonds. The number of Topliss-reactive ketones (excluding diaryl/α,β-unsaturated/α-hetero) is 1. The lowest BCUT2D eigenvalue weighted by atomic mass is 9.77. The first kappa shape index (κ1) is 9.46. The summed E-state index contributed by atoms with van der Waals surface area (Å²) in [6, 6.07) is 4.05. The molecule has 0 bridgehead atoms. The van der Waals surface area contributed by atoms with Crippen LogP contribution in [-0.4, -0.2) is 23.4 Å². The van der Waals surface area contributed by atoms with Crippen molar-refractivity contribution in [2.45, 2.75) is 26.4 Å². The van der Waals surface area contributed by atoms with E-state index in [0.717, 1.165) is 12.2 Å². The molecule has 1 N–H and O–H groups in total. The molecule has 0 aliphatic carbocycles. The Hall–Kier alpha value is -1.09. The fraction of sp³-hybridized carbons (Fsp3) is 0.545. The molecule has 1 unspecified atom stereocenters. The summed E-state index contributed by atoms with van der Waals surface area (Å²) >= 11 is 0. The van der Waals surface area contributed by atoms with Crippen LogP contribution in [0.5, 0.6) is 0 Å². The normalized spacial score (nSPS) is 24.8. The van der Waals surface area contributed by atoms with Gasteiger partial charge in [0, 0.05) is 24.2 Å². The van der Waals surface area contributed by atoms with Crippen LogP contribution in [0.2, 0.25) is 0 Å². The maximum atomic E-state index is 12.1. The Morgan fingerprint density at radius 1 is 1.57 bits per heavy atom. The smallest absolute Gasteiger partial charge is 0.186 e. The van der Waals surface area contributed by atoms with Crippen molar-refractivity contribution < 1.29 is 4.79 Å². The third-order valence-electron chi connectivity index (χ3n) is 3.25. The second kappa shape index (κ2) is 2.95. The lowest BCUT2D eigenvalue weighted by Gasteiger charge is -2.37. The number of nitrogens with zero attached hydrogens (tertiary/aromatic N) is 1. The number of nitrogens with one attached hydrogen (secondary N) is 1. The fourth-order valence-electron chi connectivity index (χ4n) is 2.14. The summed E-state index contributed by atoms with van der Waals surface area (Å²) in [4.78, 5) is 12.1. The lowest BCUT2D eigenvalue weighted by Crippen LogP contribution is -2.51. The molecule has 3 nitrogen and oxygen atoms in total. The zero-order valence-corrected chi connectivity index (χ0v) is 8.87. The van der Waals surface area contributed by atoms with Crippen LogP contribution in [0.25, 0.3) is 0 Å². The van der Waals surface area contributed by atoms with Crippen LogP contribution in [-0.2, 0) is 6.54 Å². The molecule has 0 aromatic carbocycles. The van der Waals surface area contributed by atoms with Crippen LogP contribution < -0.4 is 5.32 Å². The van der Waals surface area contributed by atoms with Gasteiger partial charge < -0.3 is 9.88 Å². The number of hydrogen-bond acceptors (Lipinski definition) is 2. The summed E-state index contributed by atoms with van der Waals surface area (Å²) in [5.74, 6) is 0.230. The van der Waals surface area contributed by atoms with Gasteiger partial charge in [-0.3, -0.25) is 4.79 Å². The Labute approximate surface area is 84.1 Å². The summed E-state index contributed by atoms with van der Waals surface area (Å²) in [6.45, 7) is 4.89. The van der Waals surface area contributed by atoms with Gasteiger partial charge in [0.25, 0.3) is 0 Å². The molecule has 0 fully saturated rings. The Kier molecular flexibility index (Phi) is 2.00. The number of aromatic nitrogens is 1. The molecule has 1 aliphatic rings. The number of carbonyl (C=O) groups excluding carboxylic acids is 1. The van der Waals surface area contributed by atoms with E-state index in [-0.39, 0.29) is 17.2 Å². The van der Waals surface area contributed by atoms with Gasteiger partial charge in [0.1, 0.15) is 0 Å². The van der Waals surface area contributed by atoms with Crippen molar-refractivity contribution in [3.05, 3.63) is 24.0 Å². The average Bonchev–Trinajstić information content (AvgIpc) is 2.59. The van der Waals surface area contributed by atoms with Crippen LogP contribution in [0.4, 0.5) is 0 Å². The molecule has 3 heteroatoms. The Bertz CT molecular complexity index is 365. The second-order valence-electron chi connectivity index (χ2n) is 4.44. The van der Waals surface area contributed by atoms with Gasteiger partial charge in [-0.2, -0.15) is 0 Å². The molecule has 2 rings (SSSR count). The van der Waals surface area contributed by atoms with Crippen LogP contribution >= 0.6 is 0 Å². The minimum Gasteiger partial charge on any atom is -0.343 e. The number of ketones is 1. The van der Waals surface area contributed by atoms with Crippen LogP contribution in [0.1, 0.15) is 24.3 Å². The van der Waals surface area contributed by atoms with Gasteiger partial charge in [0.05, 0.1) is 5.69 Å². The minimum absolute atomic E-state index is 0.217. The highest BCUT2D eigenvalue weighted by molar-refractivity contribution is 6.00. The summed E-state index contributed by atoms with van der Waals surface area (Å²) in [7, 11) is 1.91. The number of carbonyl (C=O) groups is 1.